The van der Waals surface area contributed by atoms with E-state index in [1.165, 1.54) is 13.8 Å². The van der Waals surface area contributed by atoms with Gasteiger partial charge in [-0.1, -0.05) is 13.8 Å². The van der Waals surface area contributed by atoms with Gasteiger partial charge in [-0.15, -0.1) is 0 Å². The largest absolute Gasteiger partial charge is 0.534 e. The number of allylic oxidation sites excluding steroid dienone is 1. The first-order valence-corrected chi connectivity index (χ1v) is 6.78. The zero-order valence-corrected chi connectivity index (χ0v) is 11.4. The summed E-state index contributed by atoms with van der Waals surface area (Å²) < 4.78 is 67.9. The maximum absolute atomic E-state index is 12.3. The number of rotatable bonds is 4. The van der Waals surface area contributed by atoms with E-state index in [9.17, 15) is 26.7 Å². The van der Waals surface area contributed by atoms with Crippen LogP contribution < -0.4 is 0 Å². The van der Waals surface area contributed by atoms with Crippen molar-refractivity contribution in [3.8, 4) is 0 Å². The molecule has 0 heterocycles. The van der Waals surface area contributed by atoms with Gasteiger partial charge in [-0.25, -0.2) is 0 Å². The second kappa shape index (κ2) is 4.95. The van der Waals surface area contributed by atoms with E-state index in [1.807, 2.05) is 0 Å². The number of methoxy groups -OCH3 is 1. The first-order chi connectivity index (χ1) is 8.42. The second-order valence-electron chi connectivity index (χ2n) is 4.81. The Bertz CT molecular complexity index is 478. The smallest absolute Gasteiger partial charge is 0.380 e. The topological polar surface area (TPSA) is 72.8 Å². The number of aliphatic hydroxyl groups excluding tert-OH is 1. The van der Waals surface area contributed by atoms with E-state index in [4.69, 9.17) is 0 Å². The predicted molar refractivity (Wildman–Crippen MR) is 59.1 cm³/mol. The zero-order chi connectivity index (χ0) is 15.1. The van der Waals surface area contributed by atoms with Crippen LogP contribution in [0.2, 0.25) is 0 Å². The van der Waals surface area contributed by atoms with Gasteiger partial charge in [0.05, 0.1) is 0 Å². The Morgan fingerprint density at radius 1 is 1.37 bits per heavy atom. The molecule has 1 N–H and O–H groups in total. The van der Waals surface area contributed by atoms with Crippen LogP contribution in [0.25, 0.3) is 0 Å². The molecular weight excluding hydrogens is 289 g/mol. The summed E-state index contributed by atoms with van der Waals surface area (Å²) in [7, 11) is -4.60. The van der Waals surface area contributed by atoms with E-state index >= 15 is 0 Å². The van der Waals surface area contributed by atoms with Gasteiger partial charge in [0.1, 0.15) is 5.76 Å². The van der Waals surface area contributed by atoms with Crippen LogP contribution in [0, 0.1) is 5.41 Å². The summed E-state index contributed by atoms with van der Waals surface area (Å²) in [4.78, 5) is 0. The predicted octanol–water partition coefficient (Wildman–Crippen LogP) is 1.89. The second-order valence-corrected chi connectivity index (χ2v) is 6.35. The van der Waals surface area contributed by atoms with Gasteiger partial charge in [-0.2, -0.15) is 21.6 Å². The molecule has 0 bridgehead atoms. The Kier molecular flexibility index (Phi) is 4.23. The average molecular weight is 304 g/mol. The number of hydrogen-bond donors (Lipinski definition) is 1. The van der Waals surface area contributed by atoms with Gasteiger partial charge >= 0.3 is 15.6 Å². The molecule has 0 aliphatic heterocycles. The molecule has 0 saturated carbocycles. The minimum atomic E-state index is -5.75. The van der Waals surface area contributed by atoms with Crippen molar-refractivity contribution in [1.82, 2.24) is 0 Å². The van der Waals surface area contributed by atoms with Crippen molar-refractivity contribution >= 4 is 10.1 Å². The Hall–Kier alpha value is -0.800. The molecule has 0 saturated heterocycles. The molecule has 0 aromatic rings. The molecule has 1 atom stereocenters. The van der Waals surface area contributed by atoms with Crippen LogP contribution in [0.1, 0.15) is 26.7 Å². The van der Waals surface area contributed by atoms with E-state index in [2.05, 4.69) is 8.92 Å². The minimum Gasteiger partial charge on any atom is -0.380 e. The fourth-order valence-electron chi connectivity index (χ4n) is 1.81. The average Bonchev–Trinajstić information content (AvgIpc) is 2.52. The minimum absolute atomic E-state index is 0.0142. The number of halogens is 3. The first kappa shape index (κ1) is 16.3. The number of hydrogen-bond acceptors (Lipinski definition) is 5. The van der Waals surface area contributed by atoms with Crippen LogP contribution in [-0.2, 0) is 19.0 Å². The standard InChI is InChI=1S/C10H15F3O5S/c1-9(2)5-4-6(8(14)17-3)7(9)18-19(15,16)10(11,12)13/h8,14H,4-5H2,1-3H3. The summed E-state index contributed by atoms with van der Waals surface area (Å²) >= 11 is 0. The molecule has 1 unspecified atom stereocenters. The fraction of sp³-hybridized carbons (Fsp3) is 0.800. The van der Waals surface area contributed by atoms with Gasteiger partial charge < -0.3 is 14.0 Å². The van der Waals surface area contributed by atoms with E-state index in [0.717, 1.165) is 7.11 Å². The summed E-state index contributed by atoms with van der Waals surface area (Å²) in [6.45, 7) is 3.06. The lowest BCUT2D eigenvalue weighted by molar-refractivity contribution is -0.0561. The van der Waals surface area contributed by atoms with Crippen molar-refractivity contribution in [2.24, 2.45) is 5.41 Å². The van der Waals surface area contributed by atoms with E-state index in [0.29, 0.717) is 6.42 Å². The Balaban J connectivity index is 3.20. The van der Waals surface area contributed by atoms with Crippen LogP contribution in [0.4, 0.5) is 13.2 Å². The molecule has 9 heteroatoms. The van der Waals surface area contributed by atoms with Crippen molar-refractivity contribution in [2.45, 2.75) is 38.5 Å². The highest BCUT2D eigenvalue weighted by Crippen LogP contribution is 2.46. The van der Waals surface area contributed by atoms with Gasteiger partial charge in [0.15, 0.2) is 6.29 Å². The summed E-state index contributed by atoms with van der Waals surface area (Å²) in [6.07, 6.45) is -0.934. The van der Waals surface area contributed by atoms with Crippen LogP contribution in [0.5, 0.6) is 0 Å². The molecule has 5 nitrogen and oxygen atoms in total. The first-order valence-electron chi connectivity index (χ1n) is 5.37. The van der Waals surface area contributed by atoms with Crippen LogP contribution in [0.3, 0.4) is 0 Å². The molecule has 0 fully saturated rings. The van der Waals surface area contributed by atoms with E-state index < -0.39 is 33.1 Å². The summed E-state index contributed by atoms with van der Waals surface area (Å²) in [6, 6.07) is 0. The monoisotopic (exact) mass is 304 g/mol. The number of ether oxygens (including phenoxy) is 1. The fourth-order valence-corrected chi connectivity index (χ4v) is 2.46. The van der Waals surface area contributed by atoms with E-state index in [-0.39, 0.29) is 12.0 Å². The normalized spacial score (nSPS) is 21.6. The van der Waals surface area contributed by atoms with Crippen molar-refractivity contribution in [3.63, 3.8) is 0 Å². The van der Waals surface area contributed by atoms with Crippen molar-refractivity contribution in [1.29, 1.82) is 0 Å². The highest BCUT2D eigenvalue weighted by Gasteiger charge is 2.51. The molecule has 0 aromatic heterocycles. The molecule has 0 radical (unpaired) electrons. The highest BCUT2D eigenvalue weighted by molar-refractivity contribution is 7.87. The number of alkyl halides is 3. The Morgan fingerprint density at radius 3 is 2.32 bits per heavy atom. The molecule has 0 aromatic carbocycles. The third-order valence-electron chi connectivity index (χ3n) is 2.92. The number of aliphatic hydroxyl groups is 1. The zero-order valence-electron chi connectivity index (χ0n) is 10.6. The SMILES string of the molecule is COC(O)C1=C(OS(=O)(=O)C(F)(F)F)C(C)(C)CC1. The lowest BCUT2D eigenvalue weighted by Crippen LogP contribution is -2.29. The third kappa shape index (κ3) is 3.21. The molecule has 1 aliphatic rings. The maximum Gasteiger partial charge on any atom is 0.534 e. The van der Waals surface area contributed by atoms with Gasteiger partial charge in [0.2, 0.25) is 0 Å². The quantitative estimate of drug-likeness (QED) is 0.488. The van der Waals surface area contributed by atoms with Crippen molar-refractivity contribution in [3.05, 3.63) is 11.3 Å². The summed E-state index contributed by atoms with van der Waals surface area (Å²) in [5, 5.41) is 9.52. The molecule has 112 valence electrons. The molecule has 0 spiro atoms. The van der Waals surface area contributed by atoms with Crippen molar-refractivity contribution < 1.29 is 35.6 Å². The molecule has 1 rings (SSSR count). The van der Waals surface area contributed by atoms with Crippen LogP contribution in [-0.4, -0.2) is 32.4 Å². The molecular formula is C10H15F3O5S. The van der Waals surface area contributed by atoms with Gasteiger partial charge in [0, 0.05) is 18.1 Å². The van der Waals surface area contributed by atoms with Gasteiger partial charge in [-0.3, -0.25) is 0 Å². The third-order valence-corrected chi connectivity index (χ3v) is 3.88. The van der Waals surface area contributed by atoms with E-state index in [1.54, 1.807) is 0 Å². The van der Waals surface area contributed by atoms with Crippen molar-refractivity contribution in [2.75, 3.05) is 7.11 Å². The Labute approximate surface area is 109 Å². The van der Waals surface area contributed by atoms with Gasteiger partial charge in [-0.05, 0) is 12.8 Å². The van der Waals surface area contributed by atoms with Crippen LogP contribution in [0.15, 0.2) is 11.3 Å². The molecule has 1 aliphatic carbocycles. The highest BCUT2D eigenvalue weighted by atomic mass is 32.2. The molecule has 19 heavy (non-hydrogen) atoms. The lowest BCUT2D eigenvalue weighted by atomic mass is 9.92. The van der Waals surface area contributed by atoms with Crippen LogP contribution >= 0.6 is 0 Å². The molecule has 0 amide bonds. The summed E-state index contributed by atoms with van der Waals surface area (Å²) in [5.41, 5.74) is -6.42. The Morgan fingerprint density at radius 2 is 1.89 bits per heavy atom. The maximum atomic E-state index is 12.3. The summed E-state index contributed by atoms with van der Waals surface area (Å²) in [5.74, 6) is -0.404. The van der Waals surface area contributed by atoms with Gasteiger partial charge in [0.25, 0.3) is 0 Å². The lowest BCUT2D eigenvalue weighted by Gasteiger charge is -2.23.